The lowest BCUT2D eigenvalue weighted by Crippen LogP contribution is -2.34. The van der Waals surface area contributed by atoms with Gasteiger partial charge < -0.3 is 25.3 Å². The van der Waals surface area contributed by atoms with Gasteiger partial charge in [0.05, 0.1) is 6.67 Å². The van der Waals surface area contributed by atoms with Crippen LogP contribution in [-0.4, -0.2) is 54.8 Å². The van der Waals surface area contributed by atoms with Gasteiger partial charge in [0.2, 0.25) is 5.95 Å². The molecule has 1 aliphatic rings. The van der Waals surface area contributed by atoms with Crippen LogP contribution in [0, 0.1) is 0 Å². The van der Waals surface area contributed by atoms with Crippen LogP contribution in [0.2, 0.25) is 5.02 Å². The molecule has 174 valence electrons. The van der Waals surface area contributed by atoms with E-state index in [1.165, 1.54) is 5.56 Å². The van der Waals surface area contributed by atoms with Gasteiger partial charge in [-0.2, -0.15) is 9.97 Å². The van der Waals surface area contributed by atoms with E-state index in [9.17, 15) is 0 Å². The molecule has 0 spiro atoms. The Labute approximate surface area is 201 Å². The molecule has 7 nitrogen and oxygen atoms in total. The van der Waals surface area contributed by atoms with Gasteiger partial charge in [-0.1, -0.05) is 48.0 Å². The van der Waals surface area contributed by atoms with Crippen LogP contribution in [0.5, 0.6) is 0 Å². The topological polar surface area (TPSA) is 59.6 Å². The number of aromatic nitrogens is 2. The smallest absolute Gasteiger partial charge is 0.229 e. The Bertz CT molecular complexity index is 1070. The van der Waals surface area contributed by atoms with Gasteiger partial charge in [-0.3, -0.25) is 0 Å². The average molecular weight is 466 g/mol. The highest BCUT2D eigenvalue weighted by atomic mass is 35.5. The fraction of sp³-hybridized carbons (Fsp3) is 0.360. The van der Waals surface area contributed by atoms with E-state index < -0.39 is 0 Å². The SMILES string of the molecule is CC(C)N1CNc2c(Nc3cccc(Cl)c3)nc(N(CCN(C)C)Cc3ccccc3)nc21. The van der Waals surface area contributed by atoms with Crippen molar-refractivity contribution < 1.29 is 0 Å². The molecule has 0 saturated carbocycles. The van der Waals surface area contributed by atoms with E-state index in [4.69, 9.17) is 21.6 Å². The van der Waals surface area contributed by atoms with Gasteiger partial charge in [0.1, 0.15) is 5.69 Å². The number of nitrogens with zero attached hydrogens (tertiary/aromatic N) is 5. The number of nitrogens with one attached hydrogen (secondary N) is 2. The zero-order valence-corrected chi connectivity index (χ0v) is 20.5. The summed E-state index contributed by atoms with van der Waals surface area (Å²) >= 11 is 6.23. The maximum absolute atomic E-state index is 6.23. The normalized spacial score (nSPS) is 12.8. The minimum atomic E-state index is 0.310. The molecule has 0 saturated heterocycles. The number of hydrogen-bond donors (Lipinski definition) is 2. The van der Waals surface area contributed by atoms with Gasteiger partial charge in [-0.15, -0.1) is 0 Å². The molecule has 4 rings (SSSR count). The highest BCUT2D eigenvalue weighted by Gasteiger charge is 2.28. The van der Waals surface area contributed by atoms with Crippen molar-refractivity contribution in [3.8, 4) is 0 Å². The molecule has 2 heterocycles. The van der Waals surface area contributed by atoms with Gasteiger partial charge in [0.15, 0.2) is 11.6 Å². The van der Waals surface area contributed by atoms with Crippen LogP contribution < -0.4 is 20.4 Å². The molecule has 33 heavy (non-hydrogen) atoms. The maximum atomic E-state index is 6.23. The summed E-state index contributed by atoms with van der Waals surface area (Å²) in [6.07, 6.45) is 0. The number of hydrogen-bond acceptors (Lipinski definition) is 7. The van der Waals surface area contributed by atoms with Crippen molar-refractivity contribution in [3.63, 3.8) is 0 Å². The van der Waals surface area contributed by atoms with Crippen molar-refractivity contribution in [2.24, 2.45) is 0 Å². The molecular formula is C25H32ClN7. The predicted octanol–water partition coefficient (Wildman–Crippen LogP) is 5.04. The Kier molecular flexibility index (Phi) is 7.20. The van der Waals surface area contributed by atoms with Crippen LogP contribution in [0.4, 0.5) is 29.0 Å². The van der Waals surface area contributed by atoms with Crippen molar-refractivity contribution in [1.82, 2.24) is 14.9 Å². The van der Waals surface area contributed by atoms with Gasteiger partial charge >= 0.3 is 0 Å². The molecule has 0 fully saturated rings. The summed E-state index contributed by atoms with van der Waals surface area (Å²) in [6.45, 7) is 7.50. The van der Waals surface area contributed by atoms with E-state index in [0.717, 1.165) is 42.6 Å². The number of halogens is 1. The molecule has 0 unspecified atom stereocenters. The first kappa shape index (κ1) is 23.1. The molecule has 0 radical (unpaired) electrons. The van der Waals surface area contributed by atoms with Gasteiger partial charge in [-0.25, -0.2) is 0 Å². The molecule has 3 aromatic rings. The monoisotopic (exact) mass is 465 g/mol. The van der Waals surface area contributed by atoms with Gasteiger partial charge in [-0.05, 0) is 51.7 Å². The fourth-order valence-electron chi connectivity index (χ4n) is 3.78. The van der Waals surface area contributed by atoms with Crippen LogP contribution in [0.15, 0.2) is 54.6 Å². The largest absolute Gasteiger partial charge is 0.362 e. The minimum Gasteiger partial charge on any atom is -0.362 e. The van der Waals surface area contributed by atoms with Crippen LogP contribution in [0.3, 0.4) is 0 Å². The lowest BCUT2D eigenvalue weighted by Gasteiger charge is -2.27. The zero-order valence-electron chi connectivity index (χ0n) is 19.7. The third-order valence-electron chi connectivity index (χ3n) is 5.60. The summed E-state index contributed by atoms with van der Waals surface area (Å²) in [4.78, 5) is 16.7. The Morgan fingerprint density at radius 2 is 1.85 bits per heavy atom. The quantitative estimate of drug-likeness (QED) is 0.459. The fourth-order valence-corrected chi connectivity index (χ4v) is 3.97. The number of benzene rings is 2. The molecule has 0 amide bonds. The van der Waals surface area contributed by atoms with E-state index >= 15 is 0 Å². The molecule has 1 aliphatic heterocycles. The summed E-state index contributed by atoms with van der Waals surface area (Å²) in [5.74, 6) is 2.38. The second-order valence-electron chi connectivity index (χ2n) is 8.82. The first-order valence-corrected chi connectivity index (χ1v) is 11.7. The van der Waals surface area contributed by atoms with Crippen LogP contribution in [0.25, 0.3) is 0 Å². The Balaban J connectivity index is 1.75. The first-order chi connectivity index (χ1) is 15.9. The lowest BCUT2D eigenvalue weighted by molar-refractivity contribution is 0.411. The Hall–Kier alpha value is -3.03. The molecule has 2 N–H and O–H groups in total. The molecule has 8 heteroatoms. The third kappa shape index (κ3) is 5.67. The predicted molar refractivity (Wildman–Crippen MR) is 139 cm³/mol. The molecule has 0 bridgehead atoms. The molecule has 0 aliphatic carbocycles. The van der Waals surface area contributed by atoms with Crippen LogP contribution in [-0.2, 0) is 6.54 Å². The second kappa shape index (κ2) is 10.3. The summed E-state index contributed by atoms with van der Waals surface area (Å²) in [7, 11) is 4.17. The number of fused-ring (bicyclic) bond motifs is 1. The minimum absolute atomic E-state index is 0.310. The van der Waals surface area contributed by atoms with Crippen LogP contribution in [0.1, 0.15) is 19.4 Å². The van der Waals surface area contributed by atoms with E-state index in [2.05, 4.69) is 77.5 Å². The Morgan fingerprint density at radius 3 is 2.55 bits per heavy atom. The summed E-state index contributed by atoms with van der Waals surface area (Å²) in [5, 5.41) is 7.63. The molecule has 0 atom stereocenters. The van der Waals surface area contributed by atoms with Crippen molar-refractivity contribution >= 4 is 40.6 Å². The average Bonchev–Trinajstić information content (AvgIpc) is 3.22. The number of anilines is 5. The van der Waals surface area contributed by atoms with E-state index in [1.54, 1.807) is 0 Å². The maximum Gasteiger partial charge on any atom is 0.229 e. The van der Waals surface area contributed by atoms with Crippen molar-refractivity contribution in [2.75, 3.05) is 54.3 Å². The third-order valence-corrected chi connectivity index (χ3v) is 5.84. The summed E-state index contributed by atoms with van der Waals surface area (Å²) < 4.78 is 0. The highest BCUT2D eigenvalue weighted by Crippen LogP contribution is 2.39. The van der Waals surface area contributed by atoms with E-state index in [1.807, 2.05) is 30.3 Å². The Morgan fingerprint density at radius 1 is 1.06 bits per heavy atom. The van der Waals surface area contributed by atoms with E-state index in [0.29, 0.717) is 23.7 Å². The highest BCUT2D eigenvalue weighted by molar-refractivity contribution is 6.30. The second-order valence-corrected chi connectivity index (χ2v) is 9.25. The van der Waals surface area contributed by atoms with Gasteiger partial charge in [0.25, 0.3) is 0 Å². The molecule has 1 aromatic heterocycles. The van der Waals surface area contributed by atoms with Crippen molar-refractivity contribution in [2.45, 2.75) is 26.4 Å². The molecule has 2 aromatic carbocycles. The standard InChI is InChI=1S/C25H32ClN7/c1-18(2)33-17-27-22-23(28-21-12-8-11-20(26)15-21)29-25(30-24(22)33)32(14-13-31(3)4)16-19-9-6-5-7-10-19/h5-12,15,18,27H,13-14,16-17H2,1-4H3,(H,28,29,30). The van der Waals surface area contributed by atoms with E-state index in [-0.39, 0.29) is 0 Å². The van der Waals surface area contributed by atoms with Crippen LogP contribution >= 0.6 is 11.6 Å². The number of rotatable bonds is 9. The summed E-state index contributed by atoms with van der Waals surface area (Å²) in [5.41, 5.74) is 3.03. The van der Waals surface area contributed by atoms with Crippen molar-refractivity contribution in [1.29, 1.82) is 0 Å². The number of likely N-dealkylation sites (N-methyl/N-ethyl adjacent to an activating group) is 1. The lowest BCUT2D eigenvalue weighted by atomic mass is 10.2. The molecular weight excluding hydrogens is 434 g/mol. The van der Waals surface area contributed by atoms with Gasteiger partial charge in [0, 0.05) is 36.4 Å². The zero-order chi connectivity index (χ0) is 23.4. The van der Waals surface area contributed by atoms with Crippen molar-refractivity contribution in [3.05, 3.63) is 65.2 Å². The summed E-state index contributed by atoms with van der Waals surface area (Å²) in [6, 6.07) is 18.5. The first-order valence-electron chi connectivity index (χ1n) is 11.3.